The maximum atomic E-state index is 13.4. The normalized spacial score (nSPS) is 11.3. The van der Waals surface area contributed by atoms with Crippen molar-refractivity contribution < 1.29 is 4.39 Å². The largest absolute Gasteiger partial charge is 0.399 e. The molecule has 0 amide bonds. The number of aromatic nitrogens is 2. The molecule has 30 heavy (non-hydrogen) atoms. The average molecular weight is 397 g/mol. The molecule has 4 rings (SSSR count). The summed E-state index contributed by atoms with van der Waals surface area (Å²) < 4.78 is 13.4. The molecule has 0 aliphatic carbocycles. The maximum absolute atomic E-state index is 13.4. The highest BCUT2D eigenvalue weighted by molar-refractivity contribution is 5.99. The van der Waals surface area contributed by atoms with Crippen molar-refractivity contribution in [3.05, 3.63) is 96.3 Å². The SMILES string of the molecule is CC(=NNc1nc(-c2ccccc2)cc(-c2ccc(F)cc2)n1)c1cccc(N)c1. The molecular formula is C24H20FN5. The van der Waals surface area contributed by atoms with Gasteiger partial charge in [-0.2, -0.15) is 5.10 Å². The Morgan fingerprint density at radius 1 is 0.833 bits per heavy atom. The van der Waals surface area contributed by atoms with Crippen molar-refractivity contribution in [2.75, 3.05) is 11.2 Å². The van der Waals surface area contributed by atoms with Crippen molar-refractivity contribution in [1.82, 2.24) is 9.97 Å². The molecule has 148 valence electrons. The molecule has 0 fully saturated rings. The molecule has 1 aromatic heterocycles. The van der Waals surface area contributed by atoms with E-state index in [4.69, 9.17) is 5.73 Å². The van der Waals surface area contributed by atoms with Crippen LogP contribution in [0.3, 0.4) is 0 Å². The van der Waals surface area contributed by atoms with Gasteiger partial charge in [-0.25, -0.2) is 19.8 Å². The fourth-order valence-corrected chi connectivity index (χ4v) is 2.98. The van der Waals surface area contributed by atoms with Crippen LogP contribution >= 0.6 is 0 Å². The summed E-state index contributed by atoms with van der Waals surface area (Å²) in [4.78, 5) is 9.17. The fourth-order valence-electron chi connectivity index (χ4n) is 2.98. The summed E-state index contributed by atoms with van der Waals surface area (Å²) >= 11 is 0. The van der Waals surface area contributed by atoms with Gasteiger partial charge in [0.2, 0.25) is 5.95 Å². The molecule has 3 N–H and O–H groups in total. The number of rotatable bonds is 5. The highest BCUT2D eigenvalue weighted by atomic mass is 19.1. The molecule has 0 saturated carbocycles. The molecule has 0 atom stereocenters. The van der Waals surface area contributed by atoms with Gasteiger partial charge in [-0.1, -0.05) is 42.5 Å². The molecule has 5 nitrogen and oxygen atoms in total. The van der Waals surface area contributed by atoms with Gasteiger partial charge >= 0.3 is 0 Å². The van der Waals surface area contributed by atoms with Crippen molar-refractivity contribution >= 4 is 17.3 Å². The highest BCUT2D eigenvalue weighted by Crippen LogP contribution is 2.25. The Bertz CT molecular complexity index is 1190. The molecule has 0 spiro atoms. The second-order valence-electron chi connectivity index (χ2n) is 6.77. The molecule has 0 bridgehead atoms. The van der Waals surface area contributed by atoms with E-state index in [1.807, 2.05) is 67.6 Å². The van der Waals surface area contributed by atoms with Crippen LogP contribution in [0.2, 0.25) is 0 Å². The lowest BCUT2D eigenvalue weighted by atomic mass is 10.1. The van der Waals surface area contributed by atoms with Crippen molar-refractivity contribution in [1.29, 1.82) is 0 Å². The molecule has 4 aromatic rings. The van der Waals surface area contributed by atoms with Crippen LogP contribution in [0, 0.1) is 5.82 Å². The van der Waals surface area contributed by atoms with Crippen molar-refractivity contribution in [3.63, 3.8) is 0 Å². The van der Waals surface area contributed by atoms with E-state index in [1.54, 1.807) is 12.1 Å². The van der Waals surface area contributed by atoms with Crippen molar-refractivity contribution in [2.24, 2.45) is 5.10 Å². The first-order valence-electron chi connectivity index (χ1n) is 9.45. The van der Waals surface area contributed by atoms with Crippen LogP contribution < -0.4 is 11.2 Å². The predicted molar refractivity (Wildman–Crippen MR) is 120 cm³/mol. The molecule has 1 heterocycles. The van der Waals surface area contributed by atoms with Gasteiger partial charge in [0.1, 0.15) is 5.82 Å². The summed E-state index contributed by atoms with van der Waals surface area (Å²) in [5, 5.41) is 4.42. The van der Waals surface area contributed by atoms with Crippen LogP contribution in [0.25, 0.3) is 22.5 Å². The molecule has 0 aliphatic heterocycles. The lowest BCUT2D eigenvalue weighted by Gasteiger charge is -2.09. The number of nitrogens with two attached hydrogens (primary N) is 1. The van der Waals surface area contributed by atoms with Crippen LogP contribution in [-0.4, -0.2) is 15.7 Å². The number of nitrogens with zero attached hydrogens (tertiary/aromatic N) is 3. The number of anilines is 2. The highest BCUT2D eigenvalue weighted by Gasteiger charge is 2.09. The van der Waals surface area contributed by atoms with E-state index in [1.165, 1.54) is 12.1 Å². The molecular weight excluding hydrogens is 377 g/mol. The minimum atomic E-state index is -0.295. The minimum Gasteiger partial charge on any atom is -0.399 e. The summed E-state index contributed by atoms with van der Waals surface area (Å²) in [7, 11) is 0. The van der Waals surface area contributed by atoms with Gasteiger partial charge < -0.3 is 5.73 Å². The van der Waals surface area contributed by atoms with E-state index in [0.717, 1.165) is 28.1 Å². The van der Waals surface area contributed by atoms with Crippen molar-refractivity contribution in [3.8, 4) is 22.5 Å². The van der Waals surface area contributed by atoms with Crippen molar-refractivity contribution in [2.45, 2.75) is 6.92 Å². The Morgan fingerprint density at radius 2 is 1.50 bits per heavy atom. The van der Waals surface area contributed by atoms with Crippen LogP contribution in [0.1, 0.15) is 12.5 Å². The average Bonchev–Trinajstić information content (AvgIpc) is 2.78. The van der Waals surface area contributed by atoms with Gasteiger partial charge in [-0.15, -0.1) is 0 Å². The van der Waals surface area contributed by atoms with E-state index in [0.29, 0.717) is 17.3 Å². The number of benzene rings is 3. The first-order valence-corrected chi connectivity index (χ1v) is 9.45. The van der Waals surface area contributed by atoms with E-state index in [2.05, 4.69) is 20.5 Å². The zero-order valence-corrected chi connectivity index (χ0v) is 16.4. The van der Waals surface area contributed by atoms with Gasteiger partial charge in [0.25, 0.3) is 0 Å². The lowest BCUT2D eigenvalue weighted by molar-refractivity contribution is 0.628. The van der Waals surface area contributed by atoms with Gasteiger partial charge in [-0.3, -0.25) is 0 Å². The summed E-state index contributed by atoms with van der Waals surface area (Å²) in [6.07, 6.45) is 0. The maximum Gasteiger partial charge on any atom is 0.244 e. The summed E-state index contributed by atoms with van der Waals surface area (Å²) in [5.41, 5.74) is 14.3. The van der Waals surface area contributed by atoms with Crippen LogP contribution in [0.5, 0.6) is 0 Å². The van der Waals surface area contributed by atoms with Gasteiger partial charge in [-0.05, 0) is 55.0 Å². The first kappa shape index (κ1) is 19.3. The van der Waals surface area contributed by atoms with E-state index in [9.17, 15) is 4.39 Å². The van der Waals surface area contributed by atoms with Gasteiger partial charge in [0, 0.05) is 16.8 Å². The summed E-state index contributed by atoms with van der Waals surface area (Å²) in [6.45, 7) is 1.88. The van der Waals surface area contributed by atoms with E-state index < -0.39 is 0 Å². The zero-order valence-electron chi connectivity index (χ0n) is 16.4. The molecule has 0 unspecified atom stereocenters. The summed E-state index contributed by atoms with van der Waals surface area (Å²) in [6, 6.07) is 25.4. The second-order valence-corrected chi connectivity index (χ2v) is 6.77. The number of hydrogen-bond acceptors (Lipinski definition) is 5. The third kappa shape index (κ3) is 4.50. The monoisotopic (exact) mass is 397 g/mol. The van der Waals surface area contributed by atoms with Gasteiger partial charge in [0.05, 0.1) is 17.1 Å². The Kier molecular flexibility index (Phi) is 5.48. The van der Waals surface area contributed by atoms with Crippen LogP contribution in [0.15, 0.2) is 90.0 Å². The van der Waals surface area contributed by atoms with Gasteiger partial charge in [0.15, 0.2) is 0 Å². The van der Waals surface area contributed by atoms with Crippen LogP contribution in [-0.2, 0) is 0 Å². The molecule has 3 aromatic carbocycles. The number of hydrazone groups is 1. The minimum absolute atomic E-state index is 0.295. The number of nitrogens with one attached hydrogen (secondary N) is 1. The van der Waals surface area contributed by atoms with E-state index >= 15 is 0 Å². The smallest absolute Gasteiger partial charge is 0.244 e. The number of nitrogen functional groups attached to an aromatic ring is 1. The predicted octanol–water partition coefficient (Wildman–Crippen LogP) is 5.37. The third-order valence-electron chi connectivity index (χ3n) is 4.56. The molecule has 0 saturated heterocycles. The summed E-state index contributed by atoms with van der Waals surface area (Å²) in [5.74, 6) is 0.0516. The number of hydrogen-bond donors (Lipinski definition) is 2. The lowest BCUT2D eigenvalue weighted by Crippen LogP contribution is -2.04. The molecule has 0 radical (unpaired) electrons. The zero-order chi connectivity index (χ0) is 20.9. The first-order chi connectivity index (χ1) is 14.6. The Labute approximate surface area is 174 Å². The quantitative estimate of drug-likeness (QED) is 0.270. The van der Waals surface area contributed by atoms with Crippen LogP contribution in [0.4, 0.5) is 16.0 Å². The van der Waals surface area contributed by atoms with E-state index in [-0.39, 0.29) is 5.82 Å². The Morgan fingerprint density at radius 3 is 2.17 bits per heavy atom. The second kappa shape index (κ2) is 8.53. The molecule has 0 aliphatic rings. The Hall–Kier alpha value is -4.06. The fraction of sp³-hybridized carbons (Fsp3) is 0.0417. The number of halogens is 1. The third-order valence-corrected chi connectivity index (χ3v) is 4.56. The topological polar surface area (TPSA) is 76.2 Å². The molecule has 6 heteroatoms. The Balaban J connectivity index is 1.72. The standard InChI is InChI=1S/C24H20FN5/c1-16(19-8-5-9-21(26)14-19)29-30-24-27-22(17-6-3-2-4-7-17)15-23(28-24)18-10-12-20(25)13-11-18/h2-15H,26H2,1H3,(H,27,28,30).